The number of anilines is 1. The zero-order valence-corrected chi connectivity index (χ0v) is 18.4. The van der Waals surface area contributed by atoms with Crippen LogP contribution >= 0.6 is 11.8 Å². The number of nitrogens with one attached hydrogen (secondary N) is 1. The van der Waals surface area contributed by atoms with Crippen molar-refractivity contribution in [3.8, 4) is 17.0 Å². The van der Waals surface area contributed by atoms with Crippen molar-refractivity contribution in [2.45, 2.75) is 57.1 Å². The summed E-state index contributed by atoms with van der Waals surface area (Å²) in [7, 11) is 1.74. The number of imidazole rings is 1. The van der Waals surface area contributed by atoms with Gasteiger partial charge in [0.15, 0.2) is 0 Å². The first kappa shape index (κ1) is 20.6. The fraction of sp³-hybridized carbons (Fsp3) is 0.435. The topological polar surface area (TPSA) is 38.6 Å². The van der Waals surface area contributed by atoms with Gasteiger partial charge in [-0.05, 0) is 55.7 Å². The Hall–Kier alpha value is -2.14. The zero-order chi connectivity index (χ0) is 20.1. The number of benzene rings is 1. The molecule has 1 N–H and O–H groups in total. The molecule has 0 saturated heterocycles. The molecule has 0 amide bonds. The first-order valence-corrected chi connectivity index (χ1v) is 11.0. The van der Waals surface area contributed by atoms with E-state index < -0.39 is 0 Å². The zero-order valence-electron chi connectivity index (χ0n) is 17.6. The summed E-state index contributed by atoms with van der Waals surface area (Å²) in [6.45, 7) is 9.72. The molecule has 3 rings (SSSR count). The normalized spacial score (nSPS) is 12.3. The Morgan fingerprint density at radius 3 is 2.75 bits per heavy atom. The van der Waals surface area contributed by atoms with Gasteiger partial charge in [-0.25, -0.2) is 4.98 Å². The molecule has 1 unspecified atom stereocenters. The van der Waals surface area contributed by atoms with Crippen LogP contribution in [0, 0.1) is 6.92 Å². The second-order valence-electron chi connectivity index (χ2n) is 7.22. The number of pyridine rings is 1. The fourth-order valence-electron chi connectivity index (χ4n) is 3.12. The molecule has 2 aromatic heterocycles. The van der Waals surface area contributed by atoms with Crippen molar-refractivity contribution in [2.75, 3.05) is 19.0 Å². The minimum atomic E-state index is 0.537. The fourth-order valence-corrected chi connectivity index (χ4v) is 4.18. The van der Waals surface area contributed by atoms with Crippen LogP contribution < -0.4 is 10.1 Å². The van der Waals surface area contributed by atoms with Gasteiger partial charge in [0.1, 0.15) is 22.9 Å². The number of aryl methyl sites for hydroxylation is 1. The van der Waals surface area contributed by atoms with Crippen molar-refractivity contribution < 1.29 is 4.74 Å². The standard InChI is InChI=1S/C23H31N3OS/c1-6-8-12-24-23-22(25-21-14-16(3)11-13-26(21)23)18-9-10-19(27-5)20(15-18)28-17(4)7-2/h9-11,13-15,17,24H,6-8,12H2,1-5H3. The highest BCUT2D eigenvalue weighted by Gasteiger charge is 2.17. The first-order valence-electron chi connectivity index (χ1n) is 10.1. The maximum absolute atomic E-state index is 5.60. The van der Waals surface area contributed by atoms with E-state index in [1.807, 2.05) is 11.8 Å². The number of hydrogen-bond donors (Lipinski definition) is 1. The van der Waals surface area contributed by atoms with E-state index in [0.29, 0.717) is 5.25 Å². The van der Waals surface area contributed by atoms with Crippen LogP contribution in [0.4, 0.5) is 5.82 Å². The van der Waals surface area contributed by atoms with Gasteiger partial charge in [-0.2, -0.15) is 0 Å². The number of nitrogens with zero attached hydrogens (tertiary/aromatic N) is 2. The number of hydrogen-bond acceptors (Lipinski definition) is 4. The van der Waals surface area contributed by atoms with Gasteiger partial charge in [0.25, 0.3) is 0 Å². The number of rotatable bonds is 9. The molecule has 2 heterocycles. The second-order valence-corrected chi connectivity index (χ2v) is 8.70. The lowest BCUT2D eigenvalue weighted by Crippen LogP contribution is -2.05. The van der Waals surface area contributed by atoms with Gasteiger partial charge in [0.2, 0.25) is 0 Å². The Bertz CT molecular complexity index is 935. The van der Waals surface area contributed by atoms with Gasteiger partial charge in [-0.1, -0.05) is 27.2 Å². The maximum Gasteiger partial charge on any atom is 0.139 e. The Kier molecular flexibility index (Phi) is 6.89. The molecule has 0 fully saturated rings. The van der Waals surface area contributed by atoms with Crippen molar-refractivity contribution in [1.29, 1.82) is 0 Å². The average Bonchev–Trinajstić information content (AvgIpc) is 3.05. The highest BCUT2D eigenvalue weighted by atomic mass is 32.2. The van der Waals surface area contributed by atoms with Gasteiger partial charge in [0.05, 0.1) is 12.0 Å². The van der Waals surface area contributed by atoms with Crippen LogP contribution in [0.5, 0.6) is 5.75 Å². The van der Waals surface area contributed by atoms with Crippen LogP contribution in [0.3, 0.4) is 0 Å². The number of thioether (sulfide) groups is 1. The molecule has 0 aliphatic carbocycles. The third kappa shape index (κ3) is 4.46. The second kappa shape index (κ2) is 9.37. The molecule has 150 valence electrons. The van der Waals surface area contributed by atoms with Crippen LogP contribution in [0.1, 0.15) is 45.6 Å². The minimum Gasteiger partial charge on any atom is -0.496 e. The molecule has 1 aromatic carbocycles. The Morgan fingerprint density at radius 1 is 1.21 bits per heavy atom. The number of fused-ring (bicyclic) bond motifs is 1. The SMILES string of the molecule is CCCCNc1c(-c2ccc(OC)c(SC(C)CC)c2)nc2cc(C)ccn12. The molecule has 0 saturated carbocycles. The van der Waals surface area contributed by atoms with Crippen LogP contribution in [-0.2, 0) is 0 Å². The molecular weight excluding hydrogens is 366 g/mol. The maximum atomic E-state index is 5.60. The van der Waals surface area contributed by atoms with Gasteiger partial charge < -0.3 is 10.1 Å². The lowest BCUT2D eigenvalue weighted by Gasteiger charge is -2.14. The largest absolute Gasteiger partial charge is 0.496 e. The smallest absolute Gasteiger partial charge is 0.139 e. The number of aromatic nitrogens is 2. The molecule has 4 nitrogen and oxygen atoms in total. The molecule has 1 atom stereocenters. The quantitative estimate of drug-likeness (QED) is 0.334. The highest BCUT2D eigenvalue weighted by molar-refractivity contribution is 8.00. The lowest BCUT2D eigenvalue weighted by atomic mass is 10.1. The van der Waals surface area contributed by atoms with E-state index in [4.69, 9.17) is 9.72 Å². The van der Waals surface area contributed by atoms with Crippen molar-refractivity contribution in [1.82, 2.24) is 9.38 Å². The molecule has 5 heteroatoms. The van der Waals surface area contributed by atoms with Crippen LogP contribution in [0.15, 0.2) is 41.4 Å². The van der Waals surface area contributed by atoms with Crippen molar-refractivity contribution >= 4 is 23.2 Å². The molecule has 0 aliphatic rings. The summed E-state index contributed by atoms with van der Waals surface area (Å²) in [5.41, 5.74) is 4.30. The third-order valence-corrected chi connectivity index (χ3v) is 6.25. The van der Waals surface area contributed by atoms with Gasteiger partial charge in [0, 0.05) is 23.6 Å². The number of methoxy groups -OCH3 is 1. The monoisotopic (exact) mass is 397 g/mol. The average molecular weight is 398 g/mol. The lowest BCUT2D eigenvalue weighted by molar-refractivity contribution is 0.405. The summed E-state index contributed by atoms with van der Waals surface area (Å²) >= 11 is 1.86. The number of ether oxygens (including phenoxy) is 1. The molecule has 3 aromatic rings. The summed E-state index contributed by atoms with van der Waals surface area (Å²) < 4.78 is 7.76. The number of unbranched alkanes of at least 4 members (excludes halogenated alkanes) is 1. The first-order chi connectivity index (χ1) is 13.6. The van der Waals surface area contributed by atoms with Gasteiger partial charge in [-0.15, -0.1) is 11.8 Å². The summed E-state index contributed by atoms with van der Waals surface area (Å²) in [4.78, 5) is 6.14. The van der Waals surface area contributed by atoms with E-state index in [2.05, 4.69) is 73.9 Å². The Labute approximate surface area is 172 Å². The van der Waals surface area contributed by atoms with E-state index in [1.165, 1.54) is 10.5 Å². The molecule has 0 radical (unpaired) electrons. The molecule has 0 aliphatic heterocycles. The van der Waals surface area contributed by atoms with E-state index in [-0.39, 0.29) is 0 Å². The minimum absolute atomic E-state index is 0.537. The Morgan fingerprint density at radius 2 is 2.04 bits per heavy atom. The van der Waals surface area contributed by atoms with Crippen molar-refractivity contribution in [2.24, 2.45) is 0 Å². The van der Waals surface area contributed by atoms with Gasteiger partial charge >= 0.3 is 0 Å². The van der Waals surface area contributed by atoms with Crippen molar-refractivity contribution in [3.63, 3.8) is 0 Å². The molecule has 0 bridgehead atoms. The van der Waals surface area contributed by atoms with E-state index in [0.717, 1.165) is 54.3 Å². The van der Waals surface area contributed by atoms with E-state index >= 15 is 0 Å². The van der Waals surface area contributed by atoms with E-state index in [9.17, 15) is 0 Å². The highest BCUT2D eigenvalue weighted by Crippen LogP contribution is 2.38. The predicted molar refractivity (Wildman–Crippen MR) is 121 cm³/mol. The van der Waals surface area contributed by atoms with Crippen LogP contribution in [0.2, 0.25) is 0 Å². The summed E-state index contributed by atoms with van der Waals surface area (Å²) in [6, 6.07) is 10.6. The van der Waals surface area contributed by atoms with Crippen LogP contribution in [-0.4, -0.2) is 28.3 Å². The summed E-state index contributed by atoms with van der Waals surface area (Å²) in [5, 5.41) is 4.15. The molecular formula is C23H31N3OS. The third-order valence-electron chi connectivity index (χ3n) is 4.94. The Balaban J connectivity index is 2.08. The van der Waals surface area contributed by atoms with E-state index in [1.54, 1.807) is 7.11 Å². The van der Waals surface area contributed by atoms with Crippen molar-refractivity contribution in [3.05, 3.63) is 42.1 Å². The van der Waals surface area contributed by atoms with Crippen LogP contribution in [0.25, 0.3) is 16.9 Å². The predicted octanol–water partition coefficient (Wildman–Crippen LogP) is 6.42. The van der Waals surface area contributed by atoms with Gasteiger partial charge in [-0.3, -0.25) is 4.40 Å². The summed E-state index contributed by atoms with van der Waals surface area (Å²) in [6.07, 6.45) is 5.52. The molecule has 0 spiro atoms. The molecule has 28 heavy (non-hydrogen) atoms. The summed E-state index contributed by atoms with van der Waals surface area (Å²) in [5.74, 6) is 1.99.